The Bertz CT molecular complexity index is 1550. The quantitative estimate of drug-likeness (QED) is 0.306. The highest BCUT2D eigenvalue weighted by Crippen LogP contribution is 2.51. The SMILES string of the molecule is C[C@@H]1CN(C(=O)[C@]2(N)C[C@H]2c2ccccc2)[C@@H](CCCc2cnc(N)[nH]2)CN1C(=O)Cc1ccc2ccccc2c1. The Hall–Kier alpha value is -4.17. The van der Waals surface area contributed by atoms with Crippen LogP contribution in [0.3, 0.4) is 0 Å². The average molecular weight is 551 g/mol. The van der Waals surface area contributed by atoms with Gasteiger partial charge >= 0.3 is 0 Å². The second-order valence-corrected chi connectivity index (χ2v) is 11.8. The van der Waals surface area contributed by atoms with Gasteiger partial charge in [0, 0.05) is 36.8 Å². The van der Waals surface area contributed by atoms with Gasteiger partial charge in [0.2, 0.25) is 11.8 Å². The zero-order chi connectivity index (χ0) is 28.6. The van der Waals surface area contributed by atoms with E-state index in [0.717, 1.165) is 46.9 Å². The first kappa shape index (κ1) is 27.0. The number of hydrogen-bond acceptors (Lipinski definition) is 5. The van der Waals surface area contributed by atoms with Gasteiger partial charge in [0.05, 0.1) is 12.6 Å². The summed E-state index contributed by atoms with van der Waals surface area (Å²) in [6.07, 6.45) is 5.08. The summed E-state index contributed by atoms with van der Waals surface area (Å²) >= 11 is 0. The standard InChI is InChI=1S/C33H38N6O2/c1-22-20-39(31(41)33(35)18-29(33)25-9-3-2-4-10-25)28(13-7-12-27-19-36-32(34)37-27)21-38(22)30(40)17-23-14-15-24-8-5-6-11-26(24)16-23/h2-6,8-11,14-16,19,22,28-29H,7,12-13,17-18,20-21,35H2,1H3,(H3,34,36,37)/t22-,28+,29+,33+/m1/s1. The number of carbonyl (C=O) groups is 2. The summed E-state index contributed by atoms with van der Waals surface area (Å²) in [5.41, 5.74) is 14.7. The number of imidazole rings is 1. The molecule has 1 aromatic heterocycles. The summed E-state index contributed by atoms with van der Waals surface area (Å²) in [5, 5.41) is 2.29. The summed E-state index contributed by atoms with van der Waals surface area (Å²) in [6.45, 7) is 3.01. The van der Waals surface area contributed by atoms with E-state index < -0.39 is 5.54 Å². The summed E-state index contributed by atoms with van der Waals surface area (Å²) in [4.78, 5) is 38.8. The zero-order valence-corrected chi connectivity index (χ0v) is 23.5. The van der Waals surface area contributed by atoms with Crippen LogP contribution in [0, 0.1) is 0 Å². The molecular weight excluding hydrogens is 512 g/mol. The predicted octanol–water partition coefficient (Wildman–Crippen LogP) is 4.02. The number of nitrogens with two attached hydrogens (primary N) is 2. The van der Waals surface area contributed by atoms with Crippen LogP contribution in [0.25, 0.3) is 10.8 Å². The van der Waals surface area contributed by atoms with E-state index in [2.05, 4.69) is 34.2 Å². The average Bonchev–Trinajstić information content (AvgIpc) is 3.52. The van der Waals surface area contributed by atoms with E-state index in [1.54, 1.807) is 6.20 Å². The number of nitrogen functional groups attached to an aromatic ring is 1. The third kappa shape index (κ3) is 5.57. The Morgan fingerprint density at radius 3 is 2.51 bits per heavy atom. The van der Waals surface area contributed by atoms with E-state index in [0.29, 0.717) is 31.9 Å². The summed E-state index contributed by atoms with van der Waals surface area (Å²) in [7, 11) is 0. The van der Waals surface area contributed by atoms with Crippen molar-refractivity contribution in [1.29, 1.82) is 0 Å². The van der Waals surface area contributed by atoms with Crippen molar-refractivity contribution < 1.29 is 9.59 Å². The molecule has 4 atom stereocenters. The van der Waals surface area contributed by atoms with Crippen molar-refractivity contribution in [3.63, 3.8) is 0 Å². The van der Waals surface area contributed by atoms with Crippen LogP contribution in [0.1, 0.15) is 48.9 Å². The lowest BCUT2D eigenvalue weighted by Crippen LogP contribution is -2.63. The number of rotatable bonds is 8. The molecule has 5 N–H and O–H groups in total. The number of carbonyl (C=O) groups excluding carboxylic acids is 2. The first-order valence-electron chi connectivity index (χ1n) is 14.5. The molecule has 0 unspecified atom stereocenters. The van der Waals surface area contributed by atoms with Gasteiger partial charge in [-0.15, -0.1) is 0 Å². The van der Waals surface area contributed by atoms with Gasteiger partial charge in [-0.05, 0) is 54.5 Å². The number of H-pyrrole nitrogens is 1. The lowest BCUT2D eigenvalue weighted by atomic mass is 9.97. The third-order valence-electron chi connectivity index (χ3n) is 8.83. The Morgan fingerprint density at radius 2 is 1.76 bits per heavy atom. The van der Waals surface area contributed by atoms with Crippen molar-refractivity contribution >= 4 is 28.5 Å². The number of aromatic amines is 1. The molecule has 8 nitrogen and oxygen atoms in total. The Labute approximate surface area is 240 Å². The molecule has 41 heavy (non-hydrogen) atoms. The Morgan fingerprint density at radius 1 is 1.00 bits per heavy atom. The van der Waals surface area contributed by atoms with Crippen molar-refractivity contribution in [2.24, 2.45) is 5.73 Å². The van der Waals surface area contributed by atoms with Crippen LogP contribution in [0.15, 0.2) is 79.0 Å². The summed E-state index contributed by atoms with van der Waals surface area (Å²) in [6, 6.07) is 24.2. The number of benzene rings is 3. The van der Waals surface area contributed by atoms with Crippen LogP contribution >= 0.6 is 0 Å². The number of piperazine rings is 1. The number of hydrogen-bond donors (Lipinski definition) is 3. The van der Waals surface area contributed by atoms with Crippen LogP contribution in [-0.4, -0.2) is 62.3 Å². The van der Waals surface area contributed by atoms with Gasteiger partial charge in [0.1, 0.15) is 5.54 Å². The van der Waals surface area contributed by atoms with Gasteiger partial charge in [-0.25, -0.2) is 4.98 Å². The minimum Gasteiger partial charge on any atom is -0.369 e. The monoisotopic (exact) mass is 550 g/mol. The fraction of sp³-hybridized carbons (Fsp3) is 0.364. The van der Waals surface area contributed by atoms with E-state index in [1.165, 1.54) is 0 Å². The van der Waals surface area contributed by atoms with Gasteiger partial charge in [0.25, 0.3) is 0 Å². The molecule has 3 aromatic carbocycles. The van der Waals surface area contributed by atoms with Gasteiger partial charge in [-0.2, -0.15) is 0 Å². The molecule has 0 bridgehead atoms. The number of aromatic nitrogens is 2. The first-order valence-corrected chi connectivity index (χ1v) is 14.5. The van der Waals surface area contributed by atoms with E-state index in [9.17, 15) is 9.59 Å². The normalized spacial score (nSPS) is 24.0. The van der Waals surface area contributed by atoms with Gasteiger partial charge in [0.15, 0.2) is 5.95 Å². The smallest absolute Gasteiger partial charge is 0.243 e. The molecule has 0 spiro atoms. The zero-order valence-electron chi connectivity index (χ0n) is 23.5. The van der Waals surface area contributed by atoms with E-state index in [1.807, 2.05) is 65.3 Å². The molecule has 1 saturated heterocycles. The molecule has 212 valence electrons. The van der Waals surface area contributed by atoms with Gasteiger partial charge in [-0.3, -0.25) is 9.59 Å². The summed E-state index contributed by atoms with van der Waals surface area (Å²) in [5.74, 6) is 0.505. The van der Waals surface area contributed by atoms with Crippen LogP contribution in [0.2, 0.25) is 0 Å². The molecule has 1 saturated carbocycles. The topological polar surface area (TPSA) is 121 Å². The maximum absolute atomic E-state index is 14.0. The molecule has 1 aliphatic heterocycles. The molecule has 2 aliphatic rings. The predicted molar refractivity (Wildman–Crippen MR) is 161 cm³/mol. The highest BCUT2D eigenvalue weighted by atomic mass is 16.2. The highest BCUT2D eigenvalue weighted by Gasteiger charge is 2.60. The molecular formula is C33H38N6O2. The first-order chi connectivity index (χ1) is 19.8. The maximum Gasteiger partial charge on any atom is 0.243 e. The van der Waals surface area contributed by atoms with Crippen molar-refractivity contribution in [1.82, 2.24) is 19.8 Å². The third-order valence-corrected chi connectivity index (χ3v) is 8.83. The number of nitrogens with one attached hydrogen (secondary N) is 1. The fourth-order valence-corrected chi connectivity index (χ4v) is 6.42. The number of fused-ring (bicyclic) bond motifs is 1. The maximum atomic E-state index is 14.0. The van der Waals surface area contributed by atoms with Crippen molar-refractivity contribution in [2.45, 2.75) is 62.6 Å². The lowest BCUT2D eigenvalue weighted by molar-refractivity contribution is -0.147. The van der Waals surface area contributed by atoms with Crippen LogP contribution in [0.4, 0.5) is 5.95 Å². The lowest BCUT2D eigenvalue weighted by Gasteiger charge is -2.46. The fourth-order valence-electron chi connectivity index (χ4n) is 6.42. The molecule has 6 rings (SSSR count). The van der Waals surface area contributed by atoms with Gasteiger partial charge < -0.3 is 26.3 Å². The van der Waals surface area contributed by atoms with Crippen molar-refractivity contribution in [2.75, 3.05) is 18.8 Å². The number of anilines is 1. The second kappa shape index (κ2) is 11.0. The molecule has 2 fully saturated rings. The van der Waals surface area contributed by atoms with Crippen LogP contribution < -0.4 is 11.5 Å². The van der Waals surface area contributed by atoms with E-state index in [-0.39, 0.29) is 29.8 Å². The van der Waals surface area contributed by atoms with Crippen molar-refractivity contribution in [3.05, 3.63) is 95.8 Å². The highest BCUT2D eigenvalue weighted by molar-refractivity contribution is 5.92. The number of amides is 2. The Kier molecular flexibility index (Phi) is 7.26. The van der Waals surface area contributed by atoms with E-state index in [4.69, 9.17) is 11.5 Å². The molecule has 2 amide bonds. The van der Waals surface area contributed by atoms with E-state index >= 15 is 0 Å². The Balaban J connectivity index is 1.18. The number of nitrogens with zero attached hydrogens (tertiary/aromatic N) is 3. The molecule has 0 radical (unpaired) electrons. The minimum atomic E-state index is -0.894. The number of aryl methyl sites for hydroxylation is 1. The molecule has 1 aliphatic carbocycles. The minimum absolute atomic E-state index is 0.00406. The second-order valence-electron chi connectivity index (χ2n) is 11.8. The molecule has 4 aromatic rings. The largest absolute Gasteiger partial charge is 0.369 e. The summed E-state index contributed by atoms with van der Waals surface area (Å²) < 4.78 is 0. The van der Waals surface area contributed by atoms with Crippen LogP contribution in [-0.2, 0) is 22.4 Å². The van der Waals surface area contributed by atoms with Crippen LogP contribution in [0.5, 0.6) is 0 Å². The van der Waals surface area contributed by atoms with Crippen molar-refractivity contribution in [3.8, 4) is 0 Å². The molecule has 8 heteroatoms. The molecule has 2 heterocycles. The van der Waals surface area contributed by atoms with Gasteiger partial charge in [-0.1, -0.05) is 72.8 Å².